The minimum Gasteiger partial charge on any atom is -0.370 e. The monoisotopic (exact) mass is 273 g/mol. The lowest BCUT2D eigenvalue weighted by Crippen LogP contribution is -2.47. The van der Waals surface area contributed by atoms with Crippen molar-refractivity contribution in [3.63, 3.8) is 0 Å². The summed E-state index contributed by atoms with van der Waals surface area (Å²) in [6.07, 6.45) is 3.75. The summed E-state index contributed by atoms with van der Waals surface area (Å²) in [5.41, 5.74) is 9.02. The van der Waals surface area contributed by atoms with Gasteiger partial charge in [0.2, 0.25) is 0 Å². The van der Waals surface area contributed by atoms with Crippen LogP contribution in [0.25, 0.3) is 0 Å². The average molecular weight is 273 g/mol. The molecule has 1 aliphatic carbocycles. The Hall–Kier alpha value is -1.51. The highest BCUT2D eigenvalue weighted by atomic mass is 15.1. The molecule has 0 heterocycles. The van der Waals surface area contributed by atoms with Crippen LogP contribution < -0.4 is 11.1 Å². The summed E-state index contributed by atoms with van der Waals surface area (Å²) in [4.78, 5) is 3.97. The van der Waals surface area contributed by atoms with Gasteiger partial charge < -0.3 is 11.1 Å². The number of nitrogens with one attached hydrogen (secondary N) is 1. The van der Waals surface area contributed by atoms with E-state index in [1.807, 2.05) is 0 Å². The number of nitrogens with zero attached hydrogens (tertiary/aromatic N) is 1. The second-order valence-corrected chi connectivity index (χ2v) is 6.92. The van der Waals surface area contributed by atoms with Crippen LogP contribution in [0.15, 0.2) is 29.3 Å². The van der Waals surface area contributed by atoms with Gasteiger partial charge in [-0.15, -0.1) is 0 Å². The summed E-state index contributed by atoms with van der Waals surface area (Å²) in [6, 6.07) is 9.13. The van der Waals surface area contributed by atoms with Crippen molar-refractivity contribution in [1.82, 2.24) is 5.32 Å². The van der Waals surface area contributed by atoms with Gasteiger partial charge in [0.25, 0.3) is 0 Å². The summed E-state index contributed by atoms with van der Waals surface area (Å²) < 4.78 is 0. The molecule has 3 N–H and O–H groups in total. The first-order valence-corrected chi connectivity index (χ1v) is 7.45. The Morgan fingerprint density at radius 3 is 2.25 bits per heavy atom. The fraction of sp³-hybridized carbons (Fsp3) is 0.588. The molecule has 0 bridgehead atoms. The van der Waals surface area contributed by atoms with Gasteiger partial charge in [0.1, 0.15) is 0 Å². The van der Waals surface area contributed by atoms with Crippen molar-refractivity contribution in [2.45, 2.75) is 50.9 Å². The minimum absolute atomic E-state index is 0.211. The summed E-state index contributed by atoms with van der Waals surface area (Å²) in [7, 11) is 1.72. The third-order valence-corrected chi connectivity index (χ3v) is 4.52. The first-order chi connectivity index (χ1) is 9.37. The molecule has 0 radical (unpaired) electrons. The van der Waals surface area contributed by atoms with Crippen molar-refractivity contribution in [3.05, 3.63) is 35.4 Å². The van der Waals surface area contributed by atoms with Crippen molar-refractivity contribution in [2.75, 3.05) is 13.6 Å². The molecule has 110 valence electrons. The summed E-state index contributed by atoms with van der Waals surface area (Å²) in [5.74, 6) is 0.530. The molecule has 2 rings (SSSR count). The highest BCUT2D eigenvalue weighted by Crippen LogP contribution is 2.43. The number of rotatable bonds is 3. The second kappa shape index (κ2) is 5.47. The van der Waals surface area contributed by atoms with Crippen molar-refractivity contribution in [2.24, 2.45) is 10.7 Å². The van der Waals surface area contributed by atoms with Gasteiger partial charge in [-0.1, -0.05) is 51.5 Å². The number of hydrogen-bond donors (Lipinski definition) is 2. The molecule has 3 heteroatoms. The van der Waals surface area contributed by atoms with E-state index in [0.29, 0.717) is 5.96 Å². The average Bonchev–Trinajstić information content (AvgIpc) is 2.36. The Kier molecular flexibility index (Phi) is 4.07. The maximum atomic E-state index is 5.76. The zero-order valence-corrected chi connectivity index (χ0v) is 13.2. The first kappa shape index (κ1) is 14.9. The third kappa shape index (κ3) is 2.97. The Balaban J connectivity index is 2.15. The predicted molar refractivity (Wildman–Crippen MR) is 86.2 cm³/mol. The molecule has 1 fully saturated rings. The van der Waals surface area contributed by atoms with Crippen molar-refractivity contribution < 1.29 is 0 Å². The zero-order chi connectivity index (χ0) is 14.8. The van der Waals surface area contributed by atoms with Gasteiger partial charge in [0.05, 0.1) is 0 Å². The molecule has 0 amide bonds. The molecule has 0 aliphatic heterocycles. The van der Waals surface area contributed by atoms with E-state index in [-0.39, 0.29) is 10.8 Å². The van der Waals surface area contributed by atoms with Crippen molar-refractivity contribution in [3.8, 4) is 0 Å². The van der Waals surface area contributed by atoms with Gasteiger partial charge in [-0.05, 0) is 29.4 Å². The van der Waals surface area contributed by atoms with Crippen LogP contribution in [0.1, 0.15) is 51.2 Å². The Morgan fingerprint density at radius 2 is 1.85 bits per heavy atom. The SMILES string of the molecule is CN=C(N)NCC1(c2ccc(C(C)(C)C)cc2)CCC1. The molecule has 0 aromatic heterocycles. The number of aliphatic imine (C=N–C) groups is 1. The normalized spacial score (nSPS) is 18.5. The van der Waals surface area contributed by atoms with Gasteiger partial charge in [-0.3, -0.25) is 4.99 Å². The van der Waals surface area contributed by atoms with Crippen LogP contribution in [0.4, 0.5) is 0 Å². The van der Waals surface area contributed by atoms with E-state index >= 15 is 0 Å². The quantitative estimate of drug-likeness (QED) is 0.657. The van der Waals surface area contributed by atoms with E-state index in [2.05, 4.69) is 55.3 Å². The van der Waals surface area contributed by atoms with E-state index in [4.69, 9.17) is 5.73 Å². The van der Waals surface area contributed by atoms with Crippen LogP contribution in [0, 0.1) is 0 Å². The highest BCUT2D eigenvalue weighted by Gasteiger charge is 2.38. The van der Waals surface area contributed by atoms with Gasteiger partial charge in [-0.2, -0.15) is 0 Å². The largest absolute Gasteiger partial charge is 0.370 e. The maximum Gasteiger partial charge on any atom is 0.188 e. The van der Waals surface area contributed by atoms with Crippen LogP contribution in [0.2, 0.25) is 0 Å². The molecule has 1 aliphatic rings. The number of hydrogen-bond acceptors (Lipinski definition) is 1. The van der Waals surface area contributed by atoms with Crippen LogP contribution in [-0.2, 0) is 10.8 Å². The van der Waals surface area contributed by atoms with E-state index in [0.717, 1.165) is 6.54 Å². The predicted octanol–water partition coefficient (Wildman–Crippen LogP) is 2.94. The number of benzene rings is 1. The van der Waals surface area contributed by atoms with Crippen LogP contribution in [-0.4, -0.2) is 19.6 Å². The second-order valence-electron chi connectivity index (χ2n) is 6.92. The van der Waals surface area contributed by atoms with Crippen LogP contribution >= 0.6 is 0 Å². The summed E-state index contributed by atoms with van der Waals surface area (Å²) in [5, 5.41) is 3.25. The standard InChI is InChI=1S/C17H27N3/c1-16(2,3)13-6-8-14(9-7-13)17(10-5-11-17)12-20-15(18)19-4/h6-9H,5,10-12H2,1-4H3,(H3,18,19,20). The smallest absolute Gasteiger partial charge is 0.188 e. The van der Waals surface area contributed by atoms with Crippen molar-refractivity contribution in [1.29, 1.82) is 0 Å². The fourth-order valence-electron chi connectivity index (χ4n) is 2.83. The molecule has 0 unspecified atom stereocenters. The summed E-state index contributed by atoms with van der Waals surface area (Å²) >= 11 is 0. The molecule has 3 nitrogen and oxygen atoms in total. The molecule has 1 aromatic rings. The Bertz CT molecular complexity index is 476. The lowest BCUT2D eigenvalue weighted by molar-refractivity contribution is 0.244. The third-order valence-electron chi connectivity index (χ3n) is 4.52. The van der Waals surface area contributed by atoms with Gasteiger partial charge in [-0.25, -0.2) is 0 Å². The van der Waals surface area contributed by atoms with Crippen LogP contribution in [0.5, 0.6) is 0 Å². The number of guanidine groups is 1. The molecular formula is C17H27N3. The lowest BCUT2D eigenvalue weighted by atomic mass is 9.64. The lowest BCUT2D eigenvalue weighted by Gasteiger charge is -2.43. The van der Waals surface area contributed by atoms with Gasteiger partial charge >= 0.3 is 0 Å². The molecular weight excluding hydrogens is 246 g/mol. The zero-order valence-electron chi connectivity index (χ0n) is 13.2. The molecule has 0 spiro atoms. The van der Waals surface area contributed by atoms with Gasteiger partial charge in [0.15, 0.2) is 5.96 Å². The topological polar surface area (TPSA) is 50.4 Å². The molecule has 0 atom stereocenters. The molecule has 0 saturated heterocycles. The van der Waals surface area contributed by atoms with E-state index in [1.165, 1.54) is 30.4 Å². The molecule has 20 heavy (non-hydrogen) atoms. The van der Waals surface area contributed by atoms with E-state index in [1.54, 1.807) is 7.05 Å². The first-order valence-electron chi connectivity index (χ1n) is 7.45. The number of nitrogens with two attached hydrogens (primary N) is 1. The molecule has 1 saturated carbocycles. The van der Waals surface area contributed by atoms with Crippen LogP contribution in [0.3, 0.4) is 0 Å². The highest BCUT2D eigenvalue weighted by molar-refractivity contribution is 5.77. The van der Waals surface area contributed by atoms with E-state index in [9.17, 15) is 0 Å². The summed E-state index contributed by atoms with van der Waals surface area (Å²) in [6.45, 7) is 7.63. The minimum atomic E-state index is 0.211. The van der Waals surface area contributed by atoms with Gasteiger partial charge in [0, 0.05) is 19.0 Å². The fourth-order valence-corrected chi connectivity index (χ4v) is 2.83. The Morgan fingerprint density at radius 1 is 1.25 bits per heavy atom. The van der Waals surface area contributed by atoms with Crippen molar-refractivity contribution >= 4 is 5.96 Å². The molecule has 1 aromatic carbocycles. The van der Waals surface area contributed by atoms with E-state index < -0.39 is 0 Å². The maximum absolute atomic E-state index is 5.76. The Labute approximate surface area is 122 Å².